The largest absolute Gasteiger partial charge is 0.485 e. The van der Waals surface area contributed by atoms with Crippen LogP contribution in [-0.4, -0.2) is 23.8 Å². The number of thiocarbonyl (C=S) groups is 1. The van der Waals surface area contributed by atoms with Gasteiger partial charge in [0, 0.05) is 6.92 Å². The zero-order valence-corrected chi connectivity index (χ0v) is 9.87. The molecule has 0 N–H and O–H groups in total. The Morgan fingerprint density at radius 2 is 2.19 bits per heavy atom. The third kappa shape index (κ3) is 4.82. The Bertz CT molecular complexity index is 385. The van der Waals surface area contributed by atoms with Crippen LogP contribution < -0.4 is 0 Å². The molecule has 0 saturated heterocycles. The zero-order valence-electron chi connectivity index (χ0n) is 9.05. The average Bonchev–Trinajstić information content (AvgIpc) is 2.27. The van der Waals surface area contributed by atoms with E-state index in [0.29, 0.717) is 18.1 Å². The monoisotopic (exact) mass is 235 g/mol. The van der Waals surface area contributed by atoms with E-state index in [2.05, 4.69) is 4.99 Å². The maximum atomic E-state index is 10.3. The van der Waals surface area contributed by atoms with E-state index in [-0.39, 0.29) is 6.04 Å². The van der Waals surface area contributed by atoms with Crippen molar-refractivity contribution in [3.8, 4) is 0 Å². The van der Waals surface area contributed by atoms with Crippen LogP contribution in [0.1, 0.15) is 12.5 Å². The zero-order chi connectivity index (χ0) is 11.8. The van der Waals surface area contributed by atoms with Crippen molar-refractivity contribution in [3.05, 3.63) is 35.9 Å². The standard InChI is InChI=1S/C12H13NO2S/c1-10(16)15-8-12(13-9-14)7-11-5-3-2-4-6-11/h2-6,12H,7-8H2,1H3. The molecule has 0 saturated carbocycles. The van der Waals surface area contributed by atoms with E-state index in [9.17, 15) is 4.79 Å². The van der Waals surface area contributed by atoms with Crippen LogP contribution in [0.4, 0.5) is 0 Å². The summed E-state index contributed by atoms with van der Waals surface area (Å²) in [4.78, 5) is 14.0. The predicted molar refractivity (Wildman–Crippen MR) is 66.3 cm³/mol. The fraction of sp³-hybridized carbons (Fsp3) is 0.333. The predicted octanol–water partition coefficient (Wildman–Crippen LogP) is 2.30. The van der Waals surface area contributed by atoms with E-state index < -0.39 is 0 Å². The van der Waals surface area contributed by atoms with Crippen LogP contribution >= 0.6 is 12.2 Å². The molecule has 0 spiro atoms. The summed E-state index contributed by atoms with van der Waals surface area (Å²) in [7, 11) is 0. The second-order valence-corrected chi connectivity index (χ2v) is 3.94. The third-order valence-electron chi connectivity index (χ3n) is 2.03. The lowest BCUT2D eigenvalue weighted by atomic mass is 10.1. The van der Waals surface area contributed by atoms with E-state index in [4.69, 9.17) is 17.0 Å². The van der Waals surface area contributed by atoms with Gasteiger partial charge in [0.25, 0.3) is 0 Å². The van der Waals surface area contributed by atoms with Gasteiger partial charge in [-0.05, 0) is 24.2 Å². The Balaban J connectivity index is 2.57. The first-order valence-electron chi connectivity index (χ1n) is 4.96. The molecule has 3 nitrogen and oxygen atoms in total. The molecule has 0 aromatic heterocycles. The van der Waals surface area contributed by atoms with E-state index >= 15 is 0 Å². The Morgan fingerprint density at radius 3 is 2.75 bits per heavy atom. The van der Waals surface area contributed by atoms with Crippen LogP contribution in [0.2, 0.25) is 0 Å². The Morgan fingerprint density at radius 1 is 1.50 bits per heavy atom. The molecule has 0 amide bonds. The lowest BCUT2D eigenvalue weighted by Gasteiger charge is -2.11. The molecule has 16 heavy (non-hydrogen) atoms. The van der Waals surface area contributed by atoms with Gasteiger partial charge in [-0.25, -0.2) is 4.79 Å². The first-order chi connectivity index (χ1) is 7.72. The number of ether oxygens (including phenoxy) is 1. The van der Waals surface area contributed by atoms with Crippen LogP contribution in [0, 0.1) is 0 Å². The number of isocyanates is 1. The highest BCUT2D eigenvalue weighted by molar-refractivity contribution is 7.80. The van der Waals surface area contributed by atoms with Gasteiger partial charge in [0.05, 0.1) is 0 Å². The van der Waals surface area contributed by atoms with Gasteiger partial charge in [-0.1, -0.05) is 30.3 Å². The summed E-state index contributed by atoms with van der Waals surface area (Å²) in [5.74, 6) is 0. The van der Waals surface area contributed by atoms with Gasteiger partial charge in [0.2, 0.25) is 6.08 Å². The van der Waals surface area contributed by atoms with Crippen LogP contribution in [0.5, 0.6) is 0 Å². The fourth-order valence-electron chi connectivity index (χ4n) is 1.32. The lowest BCUT2D eigenvalue weighted by molar-refractivity contribution is 0.281. The molecule has 84 valence electrons. The van der Waals surface area contributed by atoms with Crippen LogP contribution in [0.3, 0.4) is 0 Å². The Kier molecular flexibility index (Phi) is 5.40. The van der Waals surface area contributed by atoms with Gasteiger partial charge < -0.3 is 4.74 Å². The first kappa shape index (κ1) is 12.6. The third-order valence-corrected chi connectivity index (χ3v) is 2.15. The van der Waals surface area contributed by atoms with Crippen molar-refractivity contribution in [1.82, 2.24) is 0 Å². The minimum absolute atomic E-state index is 0.224. The molecule has 1 aromatic rings. The summed E-state index contributed by atoms with van der Waals surface area (Å²) in [6.45, 7) is 2.01. The number of rotatable bonds is 5. The van der Waals surface area contributed by atoms with Crippen molar-refractivity contribution in [2.45, 2.75) is 19.4 Å². The van der Waals surface area contributed by atoms with Gasteiger partial charge in [0.15, 0.2) is 5.05 Å². The highest BCUT2D eigenvalue weighted by atomic mass is 32.1. The minimum atomic E-state index is -0.224. The molecule has 1 atom stereocenters. The summed E-state index contributed by atoms with van der Waals surface area (Å²) in [6, 6.07) is 9.58. The minimum Gasteiger partial charge on any atom is -0.485 e. The van der Waals surface area contributed by atoms with Gasteiger partial charge in [-0.3, -0.25) is 0 Å². The normalized spacial score (nSPS) is 11.3. The lowest BCUT2D eigenvalue weighted by Crippen LogP contribution is -2.17. The highest BCUT2D eigenvalue weighted by Crippen LogP contribution is 2.06. The topological polar surface area (TPSA) is 38.7 Å². The van der Waals surface area contributed by atoms with E-state index in [1.54, 1.807) is 13.0 Å². The molecule has 0 fully saturated rings. The van der Waals surface area contributed by atoms with Crippen molar-refractivity contribution < 1.29 is 9.53 Å². The number of benzene rings is 1. The molecule has 0 aliphatic carbocycles. The average molecular weight is 235 g/mol. The van der Waals surface area contributed by atoms with Crippen molar-refractivity contribution in [3.63, 3.8) is 0 Å². The van der Waals surface area contributed by atoms with E-state index in [0.717, 1.165) is 5.56 Å². The maximum absolute atomic E-state index is 10.3. The molecule has 1 aromatic carbocycles. The molecule has 0 radical (unpaired) electrons. The van der Waals surface area contributed by atoms with Crippen molar-refractivity contribution in [1.29, 1.82) is 0 Å². The van der Waals surface area contributed by atoms with Gasteiger partial charge in [-0.15, -0.1) is 0 Å². The quantitative estimate of drug-likeness (QED) is 0.446. The molecule has 1 rings (SSSR count). The maximum Gasteiger partial charge on any atom is 0.235 e. The van der Waals surface area contributed by atoms with Crippen molar-refractivity contribution in [2.75, 3.05) is 6.61 Å². The number of nitrogens with zero attached hydrogens (tertiary/aromatic N) is 1. The van der Waals surface area contributed by atoms with Crippen molar-refractivity contribution >= 4 is 23.3 Å². The first-order valence-corrected chi connectivity index (χ1v) is 5.37. The van der Waals surface area contributed by atoms with Gasteiger partial charge in [-0.2, -0.15) is 4.99 Å². The van der Waals surface area contributed by atoms with Crippen LogP contribution in [0.15, 0.2) is 35.3 Å². The Hall–Kier alpha value is -1.51. The second kappa shape index (κ2) is 6.88. The summed E-state index contributed by atoms with van der Waals surface area (Å²) in [5.41, 5.74) is 1.11. The molecule has 0 aliphatic rings. The van der Waals surface area contributed by atoms with Gasteiger partial charge >= 0.3 is 0 Å². The summed E-state index contributed by atoms with van der Waals surface area (Å²) in [6.07, 6.45) is 2.21. The summed E-state index contributed by atoms with van der Waals surface area (Å²) < 4.78 is 5.19. The molecule has 0 bridgehead atoms. The fourth-order valence-corrected chi connectivity index (χ4v) is 1.38. The number of hydrogen-bond acceptors (Lipinski definition) is 4. The van der Waals surface area contributed by atoms with E-state index in [1.807, 2.05) is 30.3 Å². The smallest absolute Gasteiger partial charge is 0.235 e. The molecular formula is C12H13NO2S. The number of aliphatic imine (C=N–C) groups is 1. The molecule has 0 aliphatic heterocycles. The number of carbonyl (C=O) groups excluding carboxylic acids is 1. The molecule has 4 heteroatoms. The molecular weight excluding hydrogens is 222 g/mol. The SMILES string of the molecule is CC(=S)OCC(Cc1ccccc1)N=C=O. The second-order valence-electron chi connectivity index (χ2n) is 3.37. The molecule has 1 unspecified atom stereocenters. The van der Waals surface area contributed by atoms with Crippen LogP contribution in [-0.2, 0) is 16.0 Å². The molecule has 0 heterocycles. The Labute approximate surface area is 100 Å². The summed E-state index contributed by atoms with van der Waals surface area (Å²) in [5, 5.41) is 0.458. The van der Waals surface area contributed by atoms with E-state index in [1.165, 1.54) is 0 Å². The summed E-state index contributed by atoms with van der Waals surface area (Å²) >= 11 is 4.80. The highest BCUT2D eigenvalue weighted by Gasteiger charge is 2.09. The van der Waals surface area contributed by atoms with Crippen molar-refractivity contribution in [2.24, 2.45) is 4.99 Å². The van der Waals surface area contributed by atoms with Gasteiger partial charge in [0.1, 0.15) is 12.6 Å². The number of hydrogen-bond donors (Lipinski definition) is 0. The van der Waals surface area contributed by atoms with Crippen LogP contribution in [0.25, 0.3) is 0 Å².